The Morgan fingerprint density at radius 1 is 1.10 bits per heavy atom. The predicted molar refractivity (Wildman–Crippen MR) is 113 cm³/mol. The van der Waals surface area contributed by atoms with Gasteiger partial charge in [0.15, 0.2) is 0 Å². The Labute approximate surface area is 170 Å². The van der Waals surface area contributed by atoms with Crippen LogP contribution in [0.3, 0.4) is 0 Å². The van der Waals surface area contributed by atoms with Gasteiger partial charge in [0.05, 0.1) is 5.69 Å². The van der Waals surface area contributed by atoms with Gasteiger partial charge in [-0.05, 0) is 55.5 Å². The number of nitrogens with one attached hydrogen (secondary N) is 1. The fraction of sp³-hybridized carbons (Fsp3) is 0.348. The largest absolute Gasteiger partial charge is 0.351 e. The Morgan fingerprint density at radius 2 is 1.83 bits per heavy atom. The lowest BCUT2D eigenvalue weighted by atomic mass is 10.1. The van der Waals surface area contributed by atoms with E-state index < -0.39 is 0 Å². The molecular weight excluding hydrogens is 364 g/mol. The Hall–Kier alpha value is -3.15. The smallest absolute Gasteiger partial charge is 0.324 e. The van der Waals surface area contributed by atoms with Crippen LogP contribution in [-0.4, -0.2) is 20.3 Å². The summed E-state index contributed by atoms with van der Waals surface area (Å²) in [5.41, 5.74) is 2.50. The van der Waals surface area contributed by atoms with Crippen LogP contribution in [0.2, 0.25) is 0 Å². The lowest BCUT2D eigenvalue weighted by molar-refractivity contribution is -0.117. The van der Waals surface area contributed by atoms with E-state index in [1.165, 1.54) is 10.2 Å². The number of nitrogens with zero attached hydrogens (tertiary/aromatic N) is 3. The van der Waals surface area contributed by atoms with Crippen molar-refractivity contribution in [3.05, 3.63) is 76.5 Å². The van der Waals surface area contributed by atoms with Crippen molar-refractivity contribution in [2.45, 2.75) is 51.5 Å². The van der Waals surface area contributed by atoms with E-state index in [0.29, 0.717) is 5.92 Å². The Kier molecular flexibility index (Phi) is 5.60. The molecular formula is C23H26N4O2. The first-order valence-corrected chi connectivity index (χ1v) is 10.3. The first-order chi connectivity index (χ1) is 14.2. The molecule has 1 heterocycles. The highest BCUT2D eigenvalue weighted by Gasteiger charge is 2.31. The van der Waals surface area contributed by atoms with Crippen LogP contribution in [0, 0.1) is 0 Å². The standard InChI is InChI=1S/C23H26N4O2/c1-2-3-7-17-10-14-19(15-11-17)24-21(28)16-26-23(29)27(20-8-5-4-6-9-20)22(25-26)18-12-13-18/h4-6,8-11,14-15,18H,2-3,7,12-13,16H2,1H3,(H,24,28). The minimum Gasteiger partial charge on any atom is -0.324 e. The normalized spacial score (nSPS) is 13.4. The zero-order valence-electron chi connectivity index (χ0n) is 16.7. The molecule has 6 nitrogen and oxygen atoms in total. The SMILES string of the molecule is CCCCc1ccc(NC(=O)Cn2nc(C3CC3)n(-c3ccccc3)c2=O)cc1. The van der Waals surface area contributed by atoms with E-state index in [0.717, 1.165) is 49.3 Å². The number of unbranched alkanes of at least 4 members (excludes halogenated alkanes) is 1. The molecule has 0 aliphatic heterocycles. The molecule has 1 aliphatic carbocycles. The molecule has 1 aliphatic rings. The summed E-state index contributed by atoms with van der Waals surface area (Å²) in [6.45, 7) is 2.07. The van der Waals surface area contributed by atoms with Crippen molar-refractivity contribution in [3.8, 4) is 5.69 Å². The van der Waals surface area contributed by atoms with Gasteiger partial charge in [0.25, 0.3) is 0 Å². The number of para-hydroxylation sites is 1. The van der Waals surface area contributed by atoms with Crippen molar-refractivity contribution in [3.63, 3.8) is 0 Å². The number of benzene rings is 2. The number of carbonyl (C=O) groups is 1. The van der Waals surface area contributed by atoms with Gasteiger partial charge in [-0.25, -0.2) is 14.0 Å². The fourth-order valence-electron chi connectivity index (χ4n) is 3.43. The van der Waals surface area contributed by atoms with E-state index in [1.807, 2.05) is 54.6 Å². The van der Waals surface area contributed by atoms with Gasteiger partial charge < -0.3 is 5.32 Å². The van der Waals surface area contributed by atoms with E-state index in [-0.39, 0.29) is 18.1 Å². The molecule has 4 rings (SSSR count). The lowest BCUT2D eigenvalue weighted by Gasteiger charge is -2.06. The van der Waals surface area contributed by atoms with Crippen molar-refractivity contribution in [2.24, 2.45) is 0 Å². The number of carbonyl (C=O) groups excluding carboxylic acids is 1. The molecule has 1 N–H and O–H groups in total. The van der Waals surface area contributed by atoms with Crippen molar-refractivity contribution >= 4 is 11.6 Å². The molecule has 1 saturated carbocycles. The quantitative estimate of drug-likeness (QED) is 0.634. The van der Waals surface area contributed by atoms with Crippen LogP contribution >= 0.6 is 0 Å². The van der Waals surface area contributed by atoms with Gasteiger partial charge in [-0.3, -0.25) is 4.79 Å². The third kappa shape index (κ3) is 4.47. The monoisotopic (exact) mass is 390 g/mol. The maximum atomic E-state index is 12.9. The number of aromatic nitrogens is 3. The van der Waals surface area contributed by atoms with Crippen LogP contribution in [0.1, 0.15) is 49.9 Å². The molecule has 150 valence electrons. The minimum atomic E-state index is -0.275. The Balaban J connectivity index is 1.49. The summed E-state index contributed by atoms with van der Waals surface area (Å²) in [5, 5.41) is 7.35. The van der Waals surface area contributed by atoms with E-state index in [9.17, 15) is 9.59 Å². The van der Waals surface area contributed by atoms with Gasteiger partial charge in [-0.2, -0.15) is 5.10 Å². The number of hydrogen-bond acceptors (Lipinski definition) is 3. The van der Waals surface area contributed by atoms with Crippen LogP contribution in [0.4, 0.5) is 5.69 Å². The molecule has 3 aromatic rings. The van der Waals surface area contributed by atoms with Crippen LogP contribution in [0.25, 0.3) is 5.69 Å². The number of hydrogen-bond donors (Lipinski definition) is 1. The zero-order valence-corrected chi connectivity index (χ0v) is 16.7. The molecule has 0 unspecified atom stereocenters. The summed E-state index contributed by atoms with van der Waals surface area (Å²) < 4.78 is 2.90. The number of rotatable bonds is 8. The van der Waals surface area contributed by atoms with Crippen LogP contribution in [-0.2, 0) is 17.8 Å². The molecule has 0 radical (unpaired) electrons. The molecule has 1 fully saturated rings. The minimum absolute atomic E-state index is 0.101. The third-order valence-electron chi connectivity index (χ3n) is 5.17. The van der Waals surface area contributed by atoms with Gasteiger partial charge in [0, 0.05) is 11.6 Å². The summed E-state index contributed by atoms with van der Waals surface area (Å²) in [6, 6.07) is 17.4. The van der Waals surface area contributed by atoms with E-state index in [1.54, 1.807) is 4.57 Å². The third-order valence-corrected chi connectivity index (χ3v) is 5.17. The topological polar surface area (TPSA) is 68.9 Å². The second-order valence-electron chi connectivity index (χ2n) is 7.59. The Bertz CT molecular complexity index is 1030. The molecule has 1 amide bonds. The average molecular weight is 390 g/mol. The van der Waals surface area contributed by atoms with Gasteiger partial charge in [-0.15, -0.1) is 0 Å². The average Bonchev–Trinajstić information content (AvgIpc) is 3.53. The molecule has 0 spiro atoms. The number of amides is 1. The molecule has 6 heteroatoms. The van der Waals surface area contributed by atoms with Gasteiger partial charge >= 0.3 is 5.69 Å². The van der Waals surface area contributed by atoms with E-state index in [4.69, 9.17) is 0 Å². The van der Waals surface area contributed by atoms with Gasteiger partial charge in [0.2, 0.25) is 5.91 Å². The van der Waals surface area contributed by atoms with Crippen LogP contribution < -0.4 is 11.0 Å². The highest BCUT2D eigenvalue weighted by Crippen LogP contribution is 2.39. The van der Waals surface area contributed by atoms with Crippen molar-refractivity contribution in [1.29, 1.82) is 0 Å². The summed E-state index contributed by atoms with van der Waals surface area (Å²) in [5.74, 6) is 0.783. The van der Waals surface area contributed by atoms with Crippen molar-refractivity contribution in [1.82, 2.24) is 14.3 Å². The van der Waals surface area contributed by atoms with Crippen molar-refractivity contribution < 1.29 is 4.79 Å². The van der Waals surface area contributed by atoms with Crippen LogP contribution in [0.5, 0.6) is 0 Å². The summed E-state index contributed by atoms with van der Waals surface area (Å²) >= 11 is 0. The molecule has 2 aromatic carbocycles. The maximum absolute atomic E-state index is 12.9. The first-order valence-electron chi connectivity index (χ1n) is 10.3. The molecule has 0 bridgehead atoms. The zero-order chi connectivity index (χ0) is 20.2. The first kappa shape index (κ1) is 19.2. The second-order valence-corrected chi connectivity index (χ2v) is 7.59. The maximum Gasteiger partial charge on any atom is 0.351 e. The number of anilines is 1. The molecule has 0 atom stereocenters. The van der Waals surface area contributed by atoms with Gasteiger partial charge in [-0.1, -0.05) is 43.7 Å². The highest BCUT2D eigenvalue weighted by atomic mass is 16.2. The van der Waals surface area contributed by atoms with E-state index >= 15 is 0 Å². The highest BCUT2D eigenvalue weighted by molar-refractivity contribution is 5.90. The lowest BCUT2D eigenvalue weighted by Crippen LogP contribution is -2.29. The molecule has 29 heavy (non-hydrogen) atoms. The van der Waals surface area contributed by atoms with E-state index in [2.05, 4.69) is 17.3 Å². The summed E-state index contributed by atoms with van der Waals surface area (Å²) in [7, 11) is 0. The summed E-state index contributed by atoms with van der Waals surface area (Å²) in [4.78, 5) is 25.5. The van der Waals surface area contributed by atoms with Gasteiger partial charge in [0.1, 0.15) is 12.4 Å². The second kappa shape index (κ2) is 8.47. The Morgan fingerprint density at radius 3 is 2.48 bits per heavy atom. The molecule has 1 aromatic heterocycles. The van der Waals surface area contributed by atoms with Crippen LogP contribution in [0.15, 0.2) is 59.4 Å². The number of aryl methyl sites for hydroxylation is 1. The molecule has 0 saturated heterocycles. The predicted octanol–water partition coefficient (Wildman–Crippen LogP) is 3.89. The van der Waals surface area contributed by atoms with Crippen molar-refractivity contribution in [2.75, 3.05) is 5.32 Å². The summed E-state index contributed by atoms with van der Waals surface area (Å²) in [6.07, 6.45) is 5.41. The fourth-order valence-corrected chi connectivity index (χ4v) is 3.43.